The Morgan fingerprint density at radius 2 is 1.46 bits per heavy atom. The van der Waals surface area contributed by atoms with Gasteiger partial charge in [0.15, 0.2) is 5.78 Å². The molecule has 148 valence electrons. The van der Waals surface area contributed by atoms with Crippen molar-refractivity contribution in [2.45, 2.75) is 19.3 Å². The van der Waals surface area contributed by atoms with Gasteiger partial charge in [0.05, 0.1) is 5.56 Å². The van der Waals surface area contributed by atoms with Crippen LogP contribution in [0.2, 0.25) is 0 Å². The van der Waals surface area contributed by atoms with Crippen molar-refractivity contribution in [3.8, 4) is 0 Å². The summed E-state index contributed by atoms with van der Waals surface area (Å²) < 4.78 is 27.3. The molecule has 0 radical (unpaired) electrons. The Morgan fingerprint density at radius 3 is 2.14 bits per heavy atom. The Bertz CT molecular complexity index is 833. The largest absolute Gasteiger partial charge is 0.340 e. The fraction of sp³-hybridized carbons (Fsp3) is 0.364. The van der Waals surface area contributed by atoms with Gasteiger partial charge in [-0.1, -0.05) is 30.3 Å². The fourth-order valence-corrected chi connectivity index (χ4v) is 3.40. The minimum atomic E-state index is -0.552. The van der Waals surface area contributed by atoms with Gasteiger partial charge < -0.3 is 4.90 Å². The molecular weight excluding hydrogens is 362 g/mol. The summed E-state index contributed by atoms with van der Waals surface area (Å²) in [5.74, 6) is -1.17. The van der Waals surface area contributed by atoms with Crippen molar-refractivity contribution in [3.63, 3.8) is 0 Å². The minimum Gasteiger partial charge on any atom is -0.340 e. The molecule has 2 aromatic carbocycles. The van der Waals surface area contributed by atoms with E-state index < -0.39 is 5.82 Å². The lowest BCUT2D eigenvalue weighted by molar-refractivity contribution is -0.132. The lowest BCUT2D eigenvalue weighted by Gasteiger charge is -2.34. The number of carbonyl (C=O) groups is 2. The summed E-state index contributed by atoms with van der Waals surface area (Å²) in [5.41, 5.74) is 0.737. The highest BCUT2D eigenvalue weighted by Crippen LogP contribution is 2.13. The molecule has 0 atom stereocenters. The molecule has 6 heteroatoms. The first-order chi connectivity index (χ1) is 13.5. The zero-order chi connectivity index (χ0) is 19.9. The van der Waals surface area contributed by atoms with Crippen LogP contribution in [0, 0.1) is 11.6 Å². The van der Waals surface area contributed by atoms with Gasteiger partial charge >= 0.3 is 0 Å². The highest BCUT2D eigenvalue weighted by Gasteiger charge is 2.22. The first-order valence-corrected chi connectivity index (χ1v) is 9.56. The van der Waals surface area contributed by atoms with Crippen LogP contribution in [0.4, 0.5) is 8.78 Å². The average molecular weight is 386 g/mol. The van der Waals surface area contributed by atoms with E-state index in [2.05, 4.69) is 4.90 Å². The van der Waals surface area contributed by atoms with E-state index in [1.165, 1.54) is 24.3 Å². The van der Waals surface area contributed by atoms with Gasteiger partial charge in [-0.3, -0.25) is 14.5 Å². The standard InChI is InChI=1S/C22H24F2N2O2/c23-19-7-3-1-5-17(19)11-12-25-13-15-26(16-14-25)22(28)10-9-21(27)18-6-2-4-8-20(18)24/h1-8H,9-16H2. The molecule has 1 amide bonds. The van der Waals surface area contributed by atoms with Gasteiger partial charge in [-0.25, -0.2) is 8.78 Å². The topological polar surface area (TPSA) is 40.6 Å². The molecule has 4 nitrogen and oxygen atoms in total. The Kier molecular flexibility index (Phi) is 6.87. The molecule has 1 aliphatic heterocycles. The van der Waals surface area contributed by atoms with Crippen LogP contribution in [0.15, 0.2) is 48.5 Å². The van der Waals surface area contributed by atoms with Crippen molar-refractivity contribution in [3.05, 3.63) is 71.3 Å². The number of hydrogen-bond donors (Lipinski definition) is 0. The third-order valence-corrected chi connectivity index (χ3v) is 5.12. The molecule has 0 aromatic heterocycles. The Labute approximate surface area is 163 Å². The van der Waals surface area contributed by atoms with E-state index in [0.29, 0.717) is 25.1 Å². The maximum absolute atomic E-state index is 13.7. The van der Waals surface area contributed by atoms with Crippen molar-refractivity contribution in [1.29, 1.82) is 0 Å². The lowest BCUT2D eigenvalue weighted by Crippen LogP contribution is -2.49. The minimum absolute atomic E-state index is 0.00721. The van der Waals surface area contributed by atoms with Gasteiger partial charge in [0, 0.05) is 45.6 Å². The number of hydrogen-bond acceptors (Lipinski definition) is 3. The van der Waals surface area contributed by atoms with E-state index in [9.17, 15) is 18.4 Å². The van der Waals surface area contributed by atoms with Crippen molar-refractivity contribution < 1.29 is 18.4 Å². The first-order valence-electron chi connectivity index (χ1n) is 9.56. The molecule has 0 N–H and O–H groups in total. The summed E-state index contributed by atoms with van der Waals surface area (Å²) in [7, 11) is 0. The number of carbonyl (C=O) groups excluding carboxylic acids is 2. The van der Waals surface area contributed by atoms with Crippen LogP contribution in [0.5, 0.6) is 0 Å². The molecule has 0 unspecified atom stereocenters. The maximum atomic E-state index is 13.7. The molecular formula is C22H24F2N2O2. The smallest absolute Gasteiger partial charge is 0.223 e. The van der Waals surface area contributed by atoms with Crippen LogP contribution < -0.4 is 0 Å². The molecule has 1 aliphatic rings. The van der Waals surface area contributed by atoms with E-state index in [4.69, 9.17) is 0 Å². The Hall–Kier alpha value is -2.60. The monoisotopic (exact) mass is 386 g/mol. The summed E-state index contributed by atoms with van der Waals surface area (Å²) in [5, 5.41) is 0. The second-order valence-corrected chi connectivity index (χ2v) is 6.97. The Morgan fingerprint density at radius 1 is 0.821 bits per heavy atom. The van der Waals surface area contributed by atoms with Crippen LogP contribution >= 0.6 is 0 Å². The summed E-state index contributed by atoms with van der Waals surface area (Å²) in [4.78, 5) is 28.4. The maximum Gasteiger partial charge on any atom is 0.223 e. The predicted octanol–water partition coefficient (Wildman–Crippen LogP) is 3.31. The van der Waals surface area contributed by atoms with Crippen molar-refractivity contribution in [2.75, 3.05) is 32.7 Å². The van der Waals surface area contributed by atoms with Gasteiger partial charge in [-0.05, 0) is 30.2 Å². The quantitative estimate of drug-likeness (QED) is 0.686. The number of Topliss-reactive ketones (excluding diaryl/α,β-unsaturated/α-hetero) is 1. The van der Waals surface area contributed by atoms with Crippen molar-refractivity contribution in [2.24, 2.45) is 0 Å². The zero-order valence-corrected chi connectivity index (χ0v) is 15.7. The third-order valence-electron chi connectivity index (χ3n) is 5.12. The fourth-order valence-electron chi connectivity index (χ4n) is 3.40. The van der Waals surface area contributed by atoms with Gasteiger partial charge in [0.1, 0.15) is 11.6 Å². The third kappa shape index (κ3) is 5.23. The molecule has 28 heavy (non-hydrogen) atoms. The number of piperazine rings is 1. The van der Waals surface area contributed by atoms with E-state index >= 15 is 0 Å². The van der Waals surface area contributed by atoms with Crippen LogP contribution in [-0.2, 0) is 11.2 Å². The van der Waals surface area contributed by atoms with Gasteiger partial charge in [-0.15, -0.1) is 0 Å². The van der Waals surface area contributed by atoms with E-state index in [-0.39, 0.29) is 35.9 Å². The molecule has 1 saturated heterocycles. The highest BCUT2D eigenvalue weighted by atomic mass is 19.1. The molecule has 1 fully saturated rings. The second-order valence-electron chi connectivity index (χ2n) is 6.97. The number of nitrogens with zero attached hydrogens (tertiary/aromatic N) is 2. The summed E-state index contributed by atoms with van der Waals surface area (Å²) in [6.07, 6.45) is 0.730. The summed E-state index contributed by atoms with van der Waals surface area (Å²) in [6, 6.07) is 12.6. The SMILES string of the molecule is O=C(CCC(=O)N1CCN(CCc2ccccc2F)CC1)c1ccccc1F. The number of amides is 1. The van der Waals surface area contributed by atoms with Crippen LogP contribution in [0.3, 0.4) is 0 Å². The molecule has 1 heterocycles. The molecule has 0 bridgehead atoms. The van der Waals surface area contributed by atoms with Gasteiger partial charge in [0.25, 0.3) is 0 Å². The molecule has 0 aliphatic carbocycles. The van der Waals surface area contributed by atoms with Crippen LogP contribution in [-0.4, -0.2) is 54.2 Å². The number of halogens is 2. The number of benzene rings is 2. The highest BCUT2D eigenvalue weighted by molar-refractivity contribution is 5.98. The molecule has 0 saturated carbocycles. The predicted molar refractivity (Wildman–Crippen MR) is 103 cm³/mol. The van der Waals surface area contributed by atoms with Crippen LogP contribution in [0.25, 0.3) is 0 Å². The molecule has 0 spiro atoms. The average Bonchev–Trinajstić information content (AvgIpc) is 2.72. The zero-order valence-electron chi connectivity index (χ0n) is 15.7. The van der Waals surface area contributed by atoms with Crippen molar-refractivity contribution >= 4 is 11.7 Å². The normalized spacial score (nSPS) is 14.9. The number of rotatable bonds is 7. The molecule has 2 aromatic rings. The molecule has 3 rings (SSSR count). The lowest BCUT2D eigenvalue weighted by atomic mass is 10.1. The number of ketones is 1. The second kappa shape index (κ2) is 9.55. The van der Waals surface area contributed by atoms with Gasteiger partial charge in [0.2, 0.25) is 5.91 Å². The summed E-state index contributed by atoms with van der Waals surface area (Å²) >= 11 is 0. The van der Waals surface area contributed by atoms with E-state index in [1.54, 1.807) is 23.1 Å². The summed E-state index contributed by atoms with van der Waals surface area (Å²) in [6.45, 7) is 3.37. The van der Waals surface area contributed by atoms with Crippen molar-refractivity contribution in [1.82, 2.24) is 9.80 Å². The first kappa shape index (κ1) is 20.1. The van der Waals surface area contributed by atoms with E-state index in [0.717, 1.165) is 19.6 Å². The van der Waals surface area contributed by atoms with E-state index in [1.807, 2.05) is 6.07 Å². The van der Waals surface area contributed by atoms with Crippen LogP contribution in [0.1, 0.15) is 28.8 Å². The Balaban J connectivity index is 1.41. The van der Waals surface area contributed by atoms with Gasteiger partial charge in [-0.2, -0.15) is 0 Å².